The fraction of sp³-hybridized carbons (Fsp3) is 0.100. The van der Waals surface area contributed by atoms with Crippen LogP contribution in [0.3, 0.4) is 0 Å². The molecule has 36 heteroatoms. The van der Waals surface area contributed by atoms with Crippen molar-refractivity contribution in [1.82, 2.24) is 29.9 Å². The first-order valence-electron chi connectivity index (χ1n) is 19.6. The average Bonchev–Trinajstić information content (AvgIpc) is 3.36. The van der Waals surface area contributed by atoms with Crippen molar-refractivity contribution in [2.24, 2.45) is 0 Å². The summed E-state index contributed by atoms with van der Waals surface area (Å²) in [7, 11) is -9.89. The van der Waals surface area contributed by atoms with E-state index in [9.17, 15) is 57.1 Å². The summed E-state index contributed by atoms with van der Waals surface area (Å²) in [6, 6.07) is 19.1. The van der Waals surface area contributed by atoms with Gasteiger partial charge in [0.1, 0.15) is 20.2 Å². The number of nitrogens with zero attached hydrogens (tertiary/aromatic N) is 8. The number of benzene rings is 4. The molecule has 0 bridgehead atoms. The molecule has 6 aromatic rings. The van der Waals surface area contributed by atoms with Gasteiger partial charge in [0.2, 0.25) is 29.7 Å². The summed E-state index contributed by atoms with van der Waals surface area (Å²) in [5.74, 6) is -1.39. The van der Waals surface area contributed by atoms with Crippen LogP contribution in [0.15, 0.2) is 131 Å². The van der Waals surface area contributed by atoms with E-state index in [-0.39, 0.29) is 202 Å². The molecule has 0 amide bonds. The third-order valence-electron chi connectivity index (χ3n) is 8.52. The number of nitrogens with one attached hydrogen (secondary N) is 4. The number of hydrogen-bond donors (Lipinski definition) is 8. The van der Waals surface area contributed by atoms with Crippen LogP contribution in [0.4, 0.5) is 58.4 Å². The molecule has 28 nitrogen and oxygen atoms in total. The van der Waals surface area contributed by atoms with Crippen LogP contribution in [0.5, 0.6) is 0 Å². The van der Waals surface area contributed by atoms with Gasteiger partial charge in [0.25, 0.3) is 5.95 Å². The molecule has 76 heavy (non-hydrogen) atoms. The molecule has 0 spiro atoms. The van der Waals surface area contributed by atoms with Crippen LogP contribution in [0.2, 0.25) is 0 Å². The summed E-state index contributed by atoms with van der Waals surface area (Å²) in [5.41, 5.74) is 1.14. The minimum Gasteiger partial charge on any atom is -0.744 e. The fourth-order valence-electron chi connectivity index (χ4n) is 5.62. The van der Waals surface area contributed by atoms with E-state index in [1.165, 1.54) is 71.6 Å². The van der Waals surface area contributed by atoms with Gasteiger partial charge in [0.15, 0.2) is 0 Å². The van der Waals surface area contributed by atoms with Gasteiger partial charge < -0.3 is 56.0 Å². The molecule has 0 saturated carbocycles. The molecule has 2 heterocycles. The number of anilines is 10. The summed E-state index contributed by atoms with van der Waals surface area (Å²) in [4.78, 5) is 26.0. The fourth-order valence-corrected chi connectivity index (χ4v) is 7.65. The van der Waals surface area contributed by atoms with Crippen LogP contribution in [-0.2, 0) is 39.0 Å². The molecular weight excluding hydrogens is 1120 g/mol. The van der Waals surface area contributed by atoms with Crippen LogP contribution >= 0.6 is 24.1 Å². The van der Waals surface area contributed by atoms with E-state index in [0.29, 0.717) is 40.2 Å². The molecule has 4 aromatic carbocycles. The van der Waals surface area contributed by atoms with Crippen LogP contribution in [0, 0.1) is 0 Å². The van der Waals surface area contributed by atoms with Gasteiger partial charge in [-0.1, -0.05) is 29.5 Å². The second-order valence-electron chi connectivity index (χ2n) is 13.0. The first-order valence-corrected chi connectivity index (χ1v) is 23.9. The number of aliphatic hydroxyl groups is 2. The smallest absolute Gasteiger partial charge is 0.744 e. The summed E-state index contributed by atoms with van der Waals surface area (Å²) in [5, 5.41) is 77.4. The molecule has 0 aliphatic heterocycles. The van der Waals surface area contributed by atoms with Gasteiger partial charge >= 0.3 is 118 Å². The molecular formula is C40H40N12Na4O16S4. The first-order chi connectivity index (χ1) is 34.5. The number of aromatic nitrogens is 6. The van der Waals surface area contributed by atoms with Crippen molar-refractivity contribution in [2.45, 2.75) is 19.6 Å². The second kappa shape index (κ2) is 37.1. The minimum absolute atomic E-state index is 0. The predicted octanol–water partition coefficient (Wildman–Crippen LogP) is -8.53. The molecule has 0 aliphatic carbocycles. The van der Waals surface area contributed by atoms with Gasteiger partial charge in [-0.25, -0.2) is 16.8 Å². The van der Waals surface area contributed by atoms with Crippen molar-refractivity contribution in [3.8, 4) is 0 Å². The maximum absolute atomic E-state index is 12.6. The predicted molar refractivity (Wildman–Crippen MR) is 254 cm³/mol. The Morgan fingerprint density at radius 1 is 0.553 bits per heavy atom. The zero-order valence-corrected chi connectivity index (χ0v) is 52.1. The molecule has 384 valence electrons. The maximum Gasteiger partial charge on any atom is 1.00 e. The molecule has 2 aromatic heterocycles. The molecule has 0 aliphatic rings. The van der Waals surface area contributed by atoms with E-state index in [1.807, 2.05) is 0 Å². The number of rotatable bonds is 24. The summed E-state index contributed by atoms with van der Waals surface area (Å²) >= 11 is 1.11. The first kappa shape index (κ1) is 73.0. The molecule has 0 atom stereocenters. The molecule has 0 unspecified atom stereocenters. The monoisotopic (exact) mass is 1160 g/mol. The summed E-state index contributed by atoms with van der Waals surface area (Å²) in [6.45, 7) is 11.3. The summed E-state index contributed by atoms with van der Waals surface area (Å²) < 4.78 is 80.7. The summed E-state index contributed by atoms with van der Waals surface area (Å²) in [6.07, 6.45) is 2.68. The zero-order chi connectivity index (χ0) is 52.8. The van der Waals surface area contributed by atoms with Crippen LogP contribution < -0.4 is 160 Å². The van der Waals surface area contributed by atoms with Crippen molar-refractivity contribution in [2.75, 3.05) is 57.7 Å². The van der Waals surface area contributed by atoms with Gasteiger partial charge in [0.05, 0.1) is 47.1 Å². The Bertz CT molecular complexity index is 2980. The Morgan fingerprint density at radius 3 is 1.41 bits per heavy atom. The Balaban J connectivity index is 0.00000686. The van der Waals surface area contributed by atoms with Crippen LogP contribution in [-0.4, -0.2) is 103 Å². The van der Waals surface area contributed by atoms with E-state index in [4.69, 9.17) is 0 Å². The number of aliphatic hydroxyl groups excluding tert-OH is 2. The van der Waals surface area contributed by atoms with Gasteiger partial charge in [-0.3, -0.25) is 20.5 Å². The quantitative estimate of drug-likeness (QED) is 0.00531. The minimum atomic E-state index is -5.17. The average molecular weight is 1170 g/mol. The van der Waals surface area contributed by atoms with Gasteiger partial charge in [-0.2, -0.15) is 38.6 Å². The number of hydrogen-bond acceptors (Lipinski definition) is 30. The third-order valence-corrected chi connectivity index (χ3v) is 11.5. The van der Waals surface area contributed by atoms with Crippen molar-refractivity contribution < 1.29 is 194 Å². The van der Waals surface area contributed by atoms with Crippen LogP contribution in [0.1, 0.15) is 11.1 Å². The Labute approximate surface area is 532 Å². The van der Waals surface area contributed by atoms with Crippen molar-refractivity contribution in [3.63, 3.8) is 0 Å². The van der Waals surface area contributed by atoms with E-state index in [1.54, 1.807) is 12.1 Å². The van der Waals surface area contributed by atoms with E-state index < -0.39 is 41.2 Å². The van der Waals surface area contributed by atoms with Gasteiger partial charge in [-0.05, 0) is 83.9 Å². The van der Waals surface area contributed by atoms with Crippen molar-refractivity contribution >= 4 is 115 Å². The molecule has 8 N–H and O–H groups in total. The van der Waals surface area contributed by atoms with E-state index in [0.717, 1.165) is 18.2 Å². The van der Waals surface area contributed by atoms with Crippen molar-refractivity contribution in [3.05, 3.63) is 122 Å². The Morgan fingerprint density at radius 2 is 0.961 bits per heavy atom. The van der Waals surface area contributed by atoms with Gasteiger partial charge in [0, 0.05) is 45.6 Å². The topological polar surface area (TPSA) is 410 Å². The zero-order valence-electron chi connectivity index (χ0n) is 40.8. The normalized spacial score (nSPS) is 10.6. The molecule has 6 rings (SSSR count). The van der Waals surface area contributed by atoms with Crippen molar-refractivity contribution in [1.29, 1.82) is 0 Å². The molecule has 0 radical (unpaired) electrons. The molecule has 0 fully saturated rings. The van der Waals surface area contributed by atoms with E-state index in [2.05, 4.69) is 96.2 Å². The Hall–Kier alpha value is -2.96. The van der Waals surface area contributed by atoms with E-state index >= 15 is 0 Å². The van der Waals surface area contributed by atoms with Gasteiger partial charge in [-0.15, -0.1) is 26.3 Å². The largest absolute Gasteiger partial charge is 1.00 e. The maximum atomic E-state index is 12.6. The SMILES string of the molecule is C=C.C=C.O=S(=O)([O-])c1ccc(Nc2nc(Nc3ccc(/C=C/c4ccc(Nc5nc(Nc6ccc(SOO[O-])cc6)nc(N(O)O)n5)cc4S(=O)(=O)[O-])c(SOO[O-])c3)nc(N(CCO)CCO)n2)cc1.[Na+].[Na+].[Na+].[Na+]. The standard InChI is InChI=1S/C36H36N12O16S4.2C2H4.4Na/c49-17-15-47(16-18-50)35-43-31(38-24-9-13-28(14-10-24)67(55,56)57)41-33(44-35)39-25-5-3-21(29(19-25)66-64-62-54)1-2-22-4-6-26(20-30(22)68(58,59)60)40-34-42-32(45-36(46-34)48(51)52)37-23-7-11-27(12-8-23)65-63-61-53;2*1-2;;;;/h1-14,19-20,49-54H,15-18H2,(H,55,56,57)(H,58,59,60)(H2,37,40,42,45,46)(H2,38,39,41,43,44);2*1-2H2;;;;/q;;;4*+1/p-4/b2-1+;;;;;;. The second-order valence-corrected chi connectivity index (χ2v) is 17.3. The Kier molecular flexibility index (Phi) is 35.6. The van der Waals surface area contributed by atoms with Crippen LogP contribution in [0.25, 0.3) is 12.2 Å². The molecule has 0 saturated heterocycles. The third kappa shape index (κ3) is 23.4.